The molecule has 98 valence electrons. The number of aryl methyl sites for hydroxylation is 1. The van der Waals surface area contributed by atoms with Crippen molar-refractivity contribution in [2.24, 2.45) is 0 Å². The highest BCUT2D eigenvalue weighted by atomic mass is 16.5. The zero-order chi connectivity index (χ0) is 13.0. The summed E-state index contributed by atoms with van der Waals surface area (Å²) in [4.78, 5) is 10.9. The first-order valence-corrected chi connectivity index (χ1v) is 6.05. The molecule has 1 N–H and O–H groups in total. The van der Waals surface area contributed by atoms with Crippen molar-refractivity contribution in [3.8, 4) is 0 Å². The van der Waals surface area contributed by atoms with E-state index in [4.69, 9.17) is 4.74 Å². The molecule has 2 aromatic heterocycles. The van der Waals surface area contributed by atoms with Gasteiger partial charge in [-0.25, -0.2) is 9.97 Å². The average Bonchev–Trinajstić information content (AvgIpc) is 2.82. The van der Waals surface area contributed by atoms with Gasteiger partial charge in [0.05, 0.1) is 0 Å². The Bertz CT molecular complexity index is 511. The lowest BCUT2D eigenvalue weighted by molar-refractivity contribution is 0.196. The quantitative estimate of drug-likeness (QED) is 0.768. The van der Waals surface area contributed by atoms with Crippen molar-refractivity contribution in [1.29, 1.82) is 0 Å². The summed E-state index contributed by atoms with van der Waals surface area (Å²) in [5.41, 5.74) is 1.34. The molecule has 0 amide bonds. The lowest BCUT2D eigenvalue weighted by Crippen LogP contribution is -2.26. The molecule has 2 aromatic rings. The maximum absolute atomic E-state index is 5.08. The third-order valence-electron chi connectivity index (χ3n) is 2.73. The molecule has 0 aliphatic rings. The number of hydrogen-bond acceptors (Lipinski definition) is 6. The van der Waals surface area contributed by atoms with E-state index in [9.17, 15) is 0 Å². The first-order valence-electron chi connectivity index (χ1n) is 6.05. The second-order valence-electron chi connectivity index (χ2n) is 4.02. The predicted octanol–water partition coefficient (Wildman–Crippen LogP) is 0.919. The van der Waals surface area contributed by atoms with Crippen LogP contribution in [-0.2, 0) is 4.74 Å². The molecular weight excluding hydrogens is 232 g/mol. The normalized spacial score (nSPS) is 11.1. The van der Waals surface area contributed by atoms with Crippen molar-refractivity contribution in [2.75, 3.05) is 31.7 Å². The van der Waals surface area contributed by atoms with Crippen LogP contribution < -0.4 is 4.90 Å². The van der Waals surface area contributed by atoms with Crippen LogP contribution in [0.5, 0.6) is 0 Å². The fraction of sp³-hybridized carbons (Fsp3) is 0.636. The molecule has 2 heterocycles. The topological polar surface area (TPSA) is 79.8 Å². The molecule has 0 fully saturated rings. The molecule has 7 heteroatoms. The zero-order valence-electron chi connectivity index (χ0n) is 11.0. The number of nitrogens with one attached hydrogen (secondary N) is 1. The van der Waals surface area contributed by atoms with Gasteiger partial charge in [-0.3, -0.25) is 0 Å². The van der Waals surface area contributed by atoms with Gasteiger partial charge in [-0.05, 0) is 20.3 Å². The summed E-state index contributed by atoms with van der Waals surface area (Å²) in [5.74, 6) is 1.54. The van der Waals surface area contributed by atoms with Gasteiger partial charge in [0.1, 0.15) is 5.82 Å². The van der Waals surface area contributed by atoms with E-state index in [0.29, 0.717) is 11.5 Å². The number of aromatic amines is 1. The first-order chi connectivity index (χ1) is 8.76. The summed E-state index contributed by atoms with van der Waals surface area (Å²) in [6.07, 6.45) is 0.951. The third-order valence-corrected chi connectivity index (χ3v) is 2.73. The predicted molar refractivity (Wildman–Crippen MR) is 68.6 cm³/mol. The van der Waals surface area contributed by atoms with Gasteiger partial charge in [-0.2, -0.15) is 10.3 Å². The van der Waals surface area contributed by atoms with Crippen LogP contribution in [0.25, 0.3) is 11.2 Å². The Labute approximate surface area is 106 Å². The second-order valence-corrected chi connectivity index (χ2v) is 4.02. The standard InChI is InChI=1S/C11H18N6O/c1-4-17(6-5-7-18-3)11-9-10(15-16-14-9)12-8(2)13-11/h4-7H2,1-3H3,(H,12,13,14,15,16). The molecule has 0 aromatic carbocycles. The number of hydrogen-bond donors (Lipinski definition) is 1. The minimum absolute atomic E-state index is 0.614. The highest BCUT2D eigenvalue weighted by Gasteiger charge is 2.14. The molecule has 0 radical (unpaired) electrons. The number of H-pyrrole nitrogens is 1. The van der Waals surface area contributed by atoms with Crippen LogP contribution in [0.15, 0.2) is 0 Å². The SMILES string of the molecule is CCN(CCCOC)c1nc(C)nc2n[nH]nc12. The van der Waals surface area contributed by atoms with E-state index in [1.165, 1.54) is 0 Å². The largest absolute Gasteiger partial charge is 0.385 e. The van der Waals surface area contributed by atoms with Gasteiger partial charge < -0.3 is 9.64 Å². The third kappa shape index (κ3) is 2.56. The first kappa shape index (κ1) is 12.7. The molecule has 0 bridgehead atoms. The van der Waals surface area contributed by atoms with Gasteiger partial charge in [0.15, 0.2) is 11.3 Å². The minimum atomic E-state index is 0.614. The van der Waals surface area contributed by atoms with Crippen LogP contribution in [0.2, 0.25) is 0 Å². The number of ether oxygens (including phenoxy) is 1. The van der Waals surface area contributed by atoms with Crippen LogP contribution in [0.4, 0.5) is 5.82 Å². The maximum atomic E-state index is 5.08. The van der Waals surface area contributed by atoms with Crippen LogP contribution in [0, 0.1) is 6.92 Å². The fourth-order valence-electron chi connectivity index (χ4n) is 1.87. The number of aromatic nitrogens is 5. The maximum Gasteiger partial charge on any atom is 0.207 e. The number of fused-ring (bicyclic) bond motifs is 1. The van der Waals surface area contributed by atoms with Crippen LogP contribution >= 0.6 is 0 Å². The average molecular weight is 250 g/mol. The number of nitrogens with zero attached hydrogens (tertiary/aromatic N) is 5. The number of rotatable bonds is 6. The van der Waals surface area contributed by atoms with E-state index in [-0.39, 0.29) is 0 Å². The van der Waals surface area contributed by atoms with Gasteiger partial charge >= 0.3 is 0 Å². The summed E-state index contributed by atoms with van der Waals surface area (Å²) in [7, 11) is 1.71. The summed E-state index contributed by atoms with van der Waals surface area (Å²) in [6.45, 7) is 6.43. The summed E-state index contributed by atoms with van der Waals surface area (Å²) >= 11 is 0. The fourth-order valence-corrected chi connectivity index (χ4v) is 1.87. The van der Waals surface area contributed by atoms with Gasteiger partial charge in [0.25, 0.3) is 0 Å². The molecule has 7 nitrogen and oxygen atoms in total. The molecule has 0 saturated carbocycles. The van der Waals surface area contributed by atoms with Crippen LogP contribution in [0.1, 0.15) is 19.2 Å². The van der Waals surface area contributed by atoms with E-state index in [1.54, 1.807) is 7.11 Å². The monoisotopic (exact) mass is 250 g/mol. The van der Waals surface area contributed by atoms with Crippen molar-refractivity contribution in [1.82, 2.24) is 25.4 Å². The van der Waals surface area contributed by atoms with Gasteiger partial charge in [-0.15, -0.1) is 5.10 Å². The van der Waals surface area contributed by atoms with Gasteiger partial charge in [0, 0.05) is 26.8 Å². The summed E-state index contributed by atoms with van der Waals surface area (Å²) in [5, 5.41) is 10.7. The van der Waals surface area contributed by atoms with E-state index < -0.39 is 0 Å². The highest BCUT2D eigenvalue weighted by molar-refractivity contribution is 5.82. The van der Waals surface area contributed by atoms with Crippen molar-refractivity contribution >= 4 is 17.0 Å². The summed E-state index contributed by atoms with van der Waals surface area (Å²) < 4.78 is 5.08. The van der Waals surface area contributed by atoms with E-state index in [0.717, 1.165) is 37.5 Å². The van der Waals surface area contributed by atoms with E-state index in [2.05, 4.69) is 37.2 Å². The Balaban J connectivity index is 2.28. The Morgan fingerprint density at radius 1 is 1.28 bits per heavy atom. The van der Waals surface area contributed by atoms with E-state index in [1.807, 2.05) is 6.92 Å². The molecule has 0 aliphatic heterocycles. The lowest BCUT2D eigenvalue weighted by Gasteiger charge is -2.21. The number of anilines is 1. The van der Waals surface area contributed by atoms with E-state index >= 15 is 0 Å². The lowest BCUT2D eigenvalue weighted by atomic mass is 10.3. The molecular formula is C11H18N6O. The van der Waals surface area contributed by atoms with Gasteiger partial charge in [-0.1, -0.05) is 0 Å². The molecule has 0 unspecified atom stereocenters. The van der Waals surface area contributed by atoms with Crippen LogP contribution in [-0.4, -0.2) is 52.2 Å². The van der Waals surface area contributed by atoms with Crippen molar-refractivity contribution < 1.29 is 4.74 Å². The Hall–Kier alpha value is -1.76. The van der Waals surface area contributed by atoms with Gasteiger partial charge in [0.2, 0.25) is 5.65 Å². The smallest absolute Gasteiger partial charge is 0.207 e. The summed E-state index contributed by atoms with van der Waals surface area (Å²) in [6, 6.07) is 0. The minimum Gasteiger partial charge on any atom is -0.385 e. The van der Waals surface area contributed by atoms with Crippen molar-refractivity contribution in [3.63, 3.8) is 0 Å². The van der Waals surface area contributed by atoms with Crippen molar-refractivity contribution in [2.45, 2.75) is 20.3 Å². The molecule has 0 saturated heterocycles. The zero-order valence-corrected chi connectivity index (χ0v) is 11.0. The van der Waals surface area contributed by atoms with Crippen molar-refractivity contribution in [3.05, 3.63) is 5.82 Å². The molecule has 0 aliphatic carbocycles. The molecule has 0 atom stereocenters. The van der Waals surface area contributed by atoms with Crippen LogP contribution in [0.3, 0.4) is 0 Å². The highest BCUT2D eigenvalue weighted by Crippen LogP contribution is 2.20. The Morgan fingerprint density at radius 3 is 2.83 bits per heavy atom. The second kappa shape index (κ2) is 5.72. The Kier molecular flexibility index (Phi) is 4.03. The molecule has 2 rings (SSSR count). The Morgan fingerprint density at radius 2 is 2.11 bits per heavy atom. The molecule has 18 heavy (non-hydrogen) atoms. The molecule has 0 spiro atoms. The number of methoxy groups -OCH3 is 1.